The number of unbranched alkanes of at least 4 members (excludes halogenated alkanes) is 6. The van der Waals surface area contributed by atoms with E-state index in [1.54, 1.807) is 12.1 Å². The molecule has 3 aromatic carbocycles. The molecule has 0 radical (unpaired) electrons. The van der Waals surface area contributed by atoms with Gasteiger partial charge in [-0.25, -0.2) is 8.78 Å². The normalized spacial score (nSPS) is 17.0. The van der Waals surface area contributed by atoms with Gasteiger partial charge in [-0.3, -0.25) is 0 Å². The van der Waals surface area contributed by atoms with Crippen molar-refractivity contribution in [1.29, 1.82) is 0 Å². The summed E-state index contributed by atoms with van der Waals surface area (Å²) in [6.07, 6.45) is 16.4. The van der Waals surface area contributed by atoms with Crippen molar-refractivity contribution in [2.24, 2.45) is 0 Å². The number of ether oxygens (including phenoxy) is 1. The van der Waals surface area contributed by atoms with Gasteiger partial charge in [-0.15, -0.1) is 0 Å². The molecular formula is C35H40F2O. The molecule has 1 nitrogen and oxygen atoms in total. The van der Waals surface area contributed by atoms with E-state index >= 15 is 8.78 Å². The smallest absolute Gasteiger partial charge is 0.167 e. The van der Waals surface area contributed by atoms with E-state index in [-0.39, 0.29) is 11.2 Å². The zero-order chi connectivity index (χ0) is 26.8. The van der Waals surface area contributed by atoms with Crippen LogP contribution < -0.4 is 0 Å². The van der Waals surface area contributed by atoms with E-state index in [1.807, 2.05) is 73.7 Å². The molecule has 1 atom stereocenters. The number of benzene rings is 3. The molecule has 1 aliphatic rings. The number of rotatable bonds is 13. The van der Waals surface area contributed by atoms with E-state index in [0.29, 0.717) is 29.7 Å². The third kappa shape index (κ3) is 6.88. The summed E-state index contributed by atoms with van der Waals surface area (Å²) < 4.78 is 36.7. The molecular weight excluding hydrogens is 474 g/mol. The molecule has 3 aromatic rings. The van der Waals surface area contributed by atoms with Crippen molar-refractivity contribution < 1.29 is 13.5 Å². The molecule has 38 heavy (non-hydrogen) atoms. The summed E-state index contributed by atoms with van der Waals surface area (Å²) in [5.41, 5.74) is 3.72. The average molecular weight is 515 g/mol. The Labute approximate surface area is 227 Å². The van der Waals surface area contributed by atoms with Crippen molar-refractivity contribution >= 4 is 5.57 Å². The molecule has 0 aliphatic heterocycles. The fourth-order valence-electron chi connectivity index (χ4n) is 5.36. The van der Waals surface area contributed by atoms with Crippen LogP contribution in [-0.4, -0.2) is 12.2 Å². The lowest BCUT2D eigenvalue weighted by molar-refractivity contribution is -0.00728. The SMILES string of the molecule is CCCCCCCCCC1(OCC)C=CC(c2ccc(-c3ccc(-c4ccccc4)cc3)c(F)c2F)=CC1. The maximum atomic E-state index is 15.3. The highest BCUT2D eigenvalue weighted by atomic mass is 19.2. The van der Waals surface area contributed by atoms with E-state index < -0.39 is 11.6 Å². The van der Waals surface area contributed by atoms with Gasteiger partial charge in [0.25, 0.3) is 0 Å². The molecule has 1 aliphatic carbocycles. The molecule has 0 aromatic heterocycles. The maximum Gasteiger partial charge on any atom is 0.167 e. The highest BCUT2D eigenvalue weighted by Gasteiger charge is 2.29. The first-order valence-corrected chi connectivity index (χ1v) is 14.2. The molecule has 3 heteroatoms. The fourth-order valence-corrected chi connectivity index (χ4v) is 5.36. The van der Waals surface area contributed by atoms with Gasteiger partial charge in [-0.05, 0) is 42.0 Å². The van der Waals surface area contributed by atoms with Gasteiger partial charge in [0.1, 0.15) is 0 Å². The van der Waals surface area contributed by atoms with Gasteiger partial charge in [-0.1, -0.05) is 137 Å². The summed E-state index contributed by atoms with van der Waals surface area (Å²) in [4.78, 5) is 0. The Morgan fingerprint density at radius 2 is 1.29 bits per heavy atom. The van der Waals surface area contributed by atoms with Gasteiger partial charge in [0.05, 0.1) is 5.60 Å². The Balaban J connectivity index is 1.43. The van der Waals surface area contributed by atoms with Crippen LogP contribution in [0.1, 0.15) is 77.2 Å². The summed E-state index contributed by atoms with van der Waals surface area (Å²) in [5, 5.41) is 0. The molecule has 0 saturated heterocycles. The van der Waals surface area contributed by atoms with Gasteiger partial charge in [0.2, 0.25) is 0 Å². The lowest BCUT2D eigenvalue weighted by Gasteiger charge is -2.32. The number of halogens is 2. The topological polar surface area (TPSA) is 9.23 Å². The first-order chi connectivity index (χ1) is 18.6. The fraction of sp³-hybridized carbons (Fsp3) is 0.371. The van der Waals surface area contributed by atoms with Crippen LogP contribution in [0, 0.1) is 11.6 Å². The number of hydrogen-bond acceptors (Lipinski definition) is 1. The lowest BCUT2D eigenvalue weighted by Crippen LogP contribution is -2.31. The summed E-state index contributed by atoms with van der Waals surface area (Å²) in [5.74, 6) is -1.62. The van der Waals surface area contributed by atoms with Gasteiger partial charge >= 0.3 is 0 Å². The molecule has 4 rings (SSSR count). The third-order valence-corrected chi connectivity index (χ3v) is 7.57. The van der Waals surface area contributed by atoms with Gasteiger partial charge in [0, 0.05) is 17.7 Å². The molecule has 0 spiro atoms. The minimum absolute atomic E-state index is 0.272. The minimum atomic E-state index is -0.811. The molecule has 0 N–H and O–H groups in total. The molecule has 0 fully saturated rings. The van der Waals surface area contributed by atoms with Crippen molar-refractivity contribution in [3.8, 4) is 22.3 Å². The Hall–Kier alpha value is -3.04. The molecule has 200 valence electrons. The van der Waals surface area contributed by atoms with E-state index in [1.165, 1.54) is 38.5 Å². The molecule has 1 unspecified atom stereocenters. The Morgan fingerprint density at radius 1 is 0.684 bits per heavy atom. The van der Waals surface area contributed by atoms with E-state index in [0.717, 1.165) is 24.0 Å². The van der Waals surface area contributed by atoms with E-state index in [9.17, 15) is 0 Å². The van der Waals surface area contributed by atoms with Crippen LogP contribution in [0.25, 0.3) is 27.8 Å². The van der Waals surface area contributed by atoms with Crippen molar-refractivity contribution in [1.82, 2.24) is 0 Å². The summed E-state index contributed by atoms with van der Waals surface area (Å²) in [6, 6.07) is 21.0. The summed E-state index contributed by atoms with van der Waals surface area (Å²) >= 11 is 0. The van der Waals surface area contributed by atoms with E-state index in [2.05, 4.69) is 13.0 Å². The van der Waals surface area contributed by atoms with Crippen LogP contribution in [0.2, 0.25) is 0 Å². The van der Waals surface area contributed by atoms with Crippen LogP contribution in [0.4, 0.5) is 8.78 Å². The lowest BCUT2D eigenvalue weighted by atomic mass is 9.85. The molecule has 0 saturated carbocycles. The standard InChI is InChI=1S/C35H40F2O/c1-3-5-6-7-8-9-13-24-35(38-4-2)25-22-30(23-26-35)32-21-20-31(33(36)34(32)37)29-18-16-28(17-19-29)27-14-11-10-12-15-27/h10-12,14-23,25H,3-9,13,24,26H2,1-2H3. The first-order valence-electron chi connectivity index (χ1n) is 14.2. The second-order valence-corrected chi connectivity index (χ2v) is 10.3. The predicted molar refractivity (Wildman–Crippen MR) is 156 cm³/mol. The Bertz CT molecular complexity index is 1230. The zero-order valence-corrected chi connectivity index (χ0v) is 22.8. The van der Waals surface area contributed by atoms with Crippen LogP contribution in [0.15, 0.2) is 85.0 Å². The molecule has 0 amide bonds. The first kappa shape index (κ1) is 28.0. The van der Waals surface area contributed by atoms with Crippen LogP contribution >= 0.6 is 0 Å². The number of allylic oxidation sites excluding steroid dienone is 2. The Morgan fingerprint density at radius 3 is 1.95 bits per heavy atom. The largest absolute Gasteiger partial charge is 0.371 e. The Kier molecular flexibility index (Phi) is 10.1. The van der Waals surface area contributed by atoms with Crippen LogP contribution in [0.5, 0.6) is 0 Å². The van der Waals surface area contributed by atoms with Gasteiger partial charge in [-0.2, -0.15) is 0 Å². The maximum absolute atomic E-state index is 15.3. The third-order valence-electron chi connectivity index (χ3n) is 7.57. The quantitative estimate of drug-likeness (QED) is 0.206. The van der Waals surface area contributed by atoms with E-state index in [4.69, 9.17) is 4.74 Å². The minimum Gasteiger partial charge on any atom is -0.371 e. The highest BCUT2D eigenvalue weighted by Crippen LogP contribution is 2.36. The van der Waals surface area contributed by atoms with Crippen LogP contribution in [0.3, 0.4) is 0 Å². The van der Waals surface area contributed by atoms with Crippen molar-refractivity contribution in [2.75, 3.05) is 6.61 Å². The molecule has 0 bridgehead atoms. The summed E-state index contributed by atoms with van der Waals surface area (Å²) in [7, 11) is 0. The second-order valence-electron chi connectivity index (χ2n) is 10.3. The molecule has 0 heterocycles. The number of hydrogen-bond donors (Lipinski definition) is 0. The highest BCUT2D eigenvalue weighted by molar-refractivity contribution is 5.78. The summed E-state index contributed by atoms with van der Waals surface area (Å²) in [6.45, 7) is 4.88. The van der Waals surface area contributed by atoms with Crippen LogP contribution in [-0.2, 0) is 4.74 Å². The second kappa shape index (κ2) is 13.7. The van der Waals surface area contributed by atoms with Crippen molar-refractivity contribution in [2.45, 2.75) is 77.2 Å². The van der Waals surface area contributed by atoms with Gasteiger partial charge in [0.15, 0.2) is 11.6 Å². The van der Waals surface area contributed by atoms with Gasteiger partial charge < -0.3 is 4.74 Å². The predicted octanol–water partition coefficient (Wildman–Crippen LogP) is 10.6. The van der Waals surface area contributed by atoms with Crippen molar-refractivity contribution in [3.05, 3.63) is 102 Å². The monoisotopic (exact) mass is 514 g/mol. The van der Waals surface area contributed by atoms with Crippen molar-refractivity contribution in [3.63, 3.8) is 0 Å². The average Bonchev–Trinajstić information content (AvgIpc) is 2.95. The zero-order valence-electron chi connectivity index (χ0n) is 22.8.